The molecule has 0 N–H and O–H groups in total. The second-order valence-electron chi connectivity index (χ2n) is 28.0. The molecule has 0 bridgehead atoms. The van der Waals surface area contributed by atoms with Gasteiger partial charge in [0.25, 0.3) is 0 Å². The van der Waals surface area contributed by atoms with E-state index in [9.17, 15) is 0 Å². The maximum absolute atomic E-state index is 5.51. The summed E-state index contributed by atoms with van der Waals surface area (Å²) in [6.07, 6.45) is 0. The van der Waals surface area contributed by atoms with Gasteiger partial charge in [-0.05, 0) is 157 Å². The molecule has 4 aromatic heterocycles. The van der Waals surface area contributed by atoms with Gasteiger partial charge in [0.2, 0.25) is 0 Å². The van der Waals surface area contributed by atoms with Crippen LogP contribution in [0, 0.1) is 0 Å². The Morgan fingerprint density at radius 3 is 1.34 bits per heavy atom. The lowest BCUT2D eigenvalue weighted by atomic mass is 9.79. The van der Waals surface area contributed by atoms with E-state index in [0.717, 1.165) is 84.2 Å². The third-order valence-corrected chi connectivity index (χ3v) is 21.7. The van der Waals surface area contributed by atoms with E-state index in [1.807, 2.05) is 12.1 Å². The molecule has 470 valence electrons. The van der Waals surface area contributed by atoms with Crippen LogP contribution in [0.2, 0.25) is 0 Å². The monoisotopic (exact) mass is 1280 g/mol. The largest absolute Gasteiger partial charge is 0.309 e. The first-order chi connectivity index (χ1) is 49.1. The fourth-order valence-corrected chi connectivity index (χ4v) is 17.0. The Kier molecular flexibility index (Phi) is 12.6. The molecule has 0 radical (unpaired) electrons. The minimum Gasteiger partial charge on any atom is -0.309 e. The molecule has 14 aromatic carbocycles. The highest BCUT2D eigenvalue weighted by atomic mass is 15.0. The van der Waals surface area contributed by atoms with Crippen LogP contribution in [0.25, 0.3) is 178 Å². The molecule has 4 heterocycles. The maximum atomic E-state index is 5.51. The van der Waals surface area contributed by atoms with E-state index in [0.29, 0.717) is 11.6 Å². The van der Waals surface area contributed by atoms with Crippen molar-refractivity contribution in [2.75, 3.05) is 0 Å². The van der Waals surface area contributed by atoms with Crippen LogP contribution in [-0.4, -0.2) is 29.1 Å². The maximum Gasteiger partial charge on any atom is 0.160 e. The Morgan fingerprint density at radius 1 is 0.260 bits per heavy atom. The molecule has 20 rings (SSSR count). The minimum absolute atomic E-state index is 0.224. The molecule has 6 heteroatoms. The van der Waals surface area contributed by atoms with E-state index < -0.39 is 0 Å². The zero-order chi connectivity index (χ0) is 66.5. The molecule has 0 amide bonds. The second kappa shape index (κ2) is 21.9. The average Bonchev–Trinajstić information content (AvgIpc) is 1.42. The average molecular weight is 1280 g/mol. The summed E-state index contributed by atoms with van der Waals surface area (Å²) in [6, 6.07) is 115. The van der Waals surface area contributed by atoms with Crippen LogP contribution in [0.15, 0.2) is 315 Å². The zero-order valence-corrected chi connectivity index (χ0v) is 55.7. The standard InChI is InChI=1S/C94H64N6/c1-93(2)76-37-20-18-33-69(76)71-49-50-74-84-68-32-15-14-23-57(68)43-52-83(84)100(90(74)87(71)93)67-47-41-62(42-48-67)92-97-80(60-28-12-7-13-29-60)56-81(98-92)65-31-22-30-63(53-65)64-44-51-82-75(54-64)86-88-85(73-36-19-21-38-77(73)94(88,3)4)70-34-16-17-35-72(70)89(86)99(82)66-45-39-61(40-46-66)91-95-78(58-24-8-5-9-25-58)55-79(96-91)59-26-10-6-11-27-59/h5-56H,1-4H3. The lowest BCUT2D eigenvalue weighted by Gasteiger charge is -2.23. The number of benzene rings is 14. The summed E-state index contributed by atoms with van der Waals surface area (Å²) in [5, 5.41) is 9.95. The van der Waals surface area contributed by atoms with Crippen molar-refractivity contribution in [3.8, 4) is 113 Å². The number of aromatic nitrogens is 6. The highest BCUT2D eigenvalue weighted by Crippen LogP contribution is 2.58. The Morgan fingerprint density at radius 2 is 0.720 bits per heavy atom. The van der Waals surface area contributed by atoms with Crippen molar-refractivity contribution in [3.63, 3.8) is 0 Å². The lowest BCUT2D eigenvalue weighted by Crippen LogP contribution is -2.16. The van der Waals surface area contributed by atoms with Gasteiger partial charge in [-0.2, -0.15) is 0 Å². The number of hydrogen-bond donors (Lipinski definition) is 0. The van der Waals surface area contributed by atoms with Crippen LogP contribution < -0.4 is 0 Å². The quantitative estimate of drug-likeness (QED) is 0.144. The van der Waals surface area contributed by atoms with E-state index in [1.54, 1.807) is 0 Å². The van der Waals surface area contributed by atoms with Gasteiger partial charge < -0.3 is 9.13 Å². The van der Waals surface area contributed by atoms with Gasteiger partial charge in [-0.1, -0.05) is 258 Å². The summed E-state index contributed by atoms with van der Waals surface area (Å²) in [5.74, 6) is 1.34. The summed E-state index contributed by atoms with van der Waals surface area (Å²) >= 11 is 0. The molecule has 0 saturated carbocycles. The molecule has 0 unspecified atom stereocenters. The smallest absolute Gasteiger partial charge is 0.160 e. The van der Waals surface area contributed by atoms with Crippen LogP contribution in [0.5, 0.6) is 0 Å². The van der Waals surface area contributed by atoms with Crippen molar-refractivity contribution >= 4 is 65.2 Å². The lowest BCUT2D eigenvalue weighted by molar-refractivity contribution is 0.664. The predicted octanol–water partition coefficient (Wildman–Crippen LogP) is 24.0. The van der Waals surface area contributed by atoms with Crippen molar-refractivity contribution in [2.24, 2.45) is 0 Å². The van der Waals surface area contributed by atoms with Gasteiger partial charge in [0.15, 0.2) is 11.6 Å². The number of nitrogens with zero attached hydrogens (tertiary/aromatic N) is 6. The van der Waals surface area contributed by atoms with Crippen LogP contribution in [-0.2, 0) is 10.8 Å². The summed E-state index contributed by atoms with van der Waals surface area (Å²) in [7, 11) is 0. The van der Waals surface area contributed by atoms with Gasteiger partial charge in [-0.25, -0.2) is 19.9 Å². The molecule has 0 atom stereocenters. The first-order valence-corrected chi connectivity index (χ1v) is 34.6. The summed E-state index contributed by atoms with van der Waals surface area (Å²) in [4.78, 5) is 21.4. The molecule has 6 nitrogen and oxygen atoms in total. The van der Waals surface area contributed by atoms with Crippen LogP contribution in [0.3, 0.4) is 0 Å². The van der Waals surface area contributed by atoms with Gasteiger partial charge in [0.1, 0.15) is 0 Å². The Labute approximate surface area is 579 Å². The Balaban J connectivity index is 0.730. The molecule has 0 aliphatic heterocycles. The number of rotatable bonds is 9. The highest BCUT2D eigenvalue weighted by molar-refractivity contribution is 6.27. The van der Waals surface area contributed by atoms with Gasteiger partial charge in [-0.15, -0.1) is 0 Å². The Hall–Kier alpha value is -12.6. The van der Waals surface area contributed by atoms with E-state index >= 15 is 0 Å². The SMILES string of the molecule is CC1(C)c2ccccc2-c2c1c1c3cc(-c4cccc(-c5cc(-c6ccccc6)nc(-c6ccc(-n7c8ccc9ccccc9c8c8ccc9c(c87)C(C)(C)c7ccccc7-9)cc6)n5)c4)ccc3n(-c3ccc(-c4nc(-c5ccccc5)cc(-c5ccccc5)n4)cc3)c1c1ccccc21. The zero-order valence-electron chi connectivity index (χ0n) is 55.7. The minimum atomic E-state index is -0.309. The van der Waals surface area contributed by atoms with Crippen LogP contribution in [0.4, 0.5) is 0 Å². The van der Waals surface area contributed by atoms with Gasteiger partial charge >= 0.3 is 0 Å². The van der Waals surface area contributed by atoms with E-state index in [4.69, 9.17) is 19.9 Å². The fourth-order valence-electron chi connectivity index (χ4n) is 17.0. The van der Waals surface area contributed by atoms with Crippen molar-refractivity contribution in [2.45, 2.75) is 38.5 Å². The molecule has 2 aliphatic rings. The van der Waals surface area contributed by atoms with Gasteiger partial charge in [-0.3, -0.25) is 0 Å². The third kappa shape index (κ3) is 8.69. The van der Waals surface area contributed by atoms with Crippen molar-refractivity contribution in [1.82, 2.24) is 29.1 Å². The highest BCUT2D eigenvalue weighted by Gasteiger charge is 2.41. The summed E-state index contributed by atoms with van der Waals surface area (Å²) < 4.78 is 5.01. The molecule has 0 fully saturated rings. The van der Waals surface area contributed by atoms with Crippen molar-refractivity contribution in [3.05, 3.63) is 338 Å². The molecule has 2 aliphatic carbocycles. The number of hydrogen-bond acceptors (Lipinski definition) is 4. The molecular weight excluding hydrogens is 1210 g/mol. The first kappa shape index (κ1) is 57.6. The third-order valence-electron chi connectivity index (χ3n) is 21.7. The normalized spacial score (nSPS) is 13.4. The van der Waals surface area contributed by atoms with E-state index in [1.165, 1.54) is 104 Å². The van der Waals surface area contributed by atoms with Crippen molar-refractivity contribution in [1.29, 1.82) is 0 Å². The first-order valence-electron chi connectivity index (χ1n) is 34.6. The number of fused-ring (bicyclic) bond motifs is 19. The molecule has 0 saturated heterocycles. The summed E-state index contributed by atoms with van der Waals surface area (Å²) in [6.45, 7) is 9.61. The fraction of sp³-hybridized carbons (Fsp3) is 0.0638. The van der Waals surface area contributed by atoms with E-state index in [2.05, 4.69) is 340 Å². The van der Waals surface area contributed by atoms with Gasteiger partial charge in [0, 0.05) is 82.5 Å². The van der Waals surface area contributed by atoms with Gasteiger partial charge in [0.05, 0.1) is 44.8 Å². The molecule has 100 heavy (non-hydrogen) atoms. The predicted molar refractivity (Wildman–Crippen MR) is 414 cm³/mol. The summed E-state index contributed by atoms with van der Waals surface area (Å²) in [5.41, 5.74) is 28.7. The second-order valence-corrected chi connectivity index (χ2v) is 28.0. The molecular formula is C94H64N6. The van der Waals surface area contributed by atoms with Crippen molar-refractivity contribution < 1.29 is 0 Å². The Bertz CT molecular complexity index is 6360. The topological polar surface area (TPSA) is 61.4 Å². The van der Waals surface area contributed by atoms with E-state index in [-0.39, 0.29) is 10.8 Å². The van der Waals surface area contributed by atoms with Crippen LogP contribution >= 0.6 is 0 Å². The molecule has 18 aromatic rings. The molecule has 0 spiro atoms. The van der Waals surface area contributed by atoms with Crippen LogP contribution in [0.1, 0.15) is 49.9 Å².